The molecule has 0 aliphatic rings. The second kappa shape index (κ2) is 6.96. The van der Waals surface area contributed by atoms with Gasteiger partial charge in [0.1, 0.15) is 23.6 Å². The lowest BCUT2D eigenvalue weighted by Gasteiger charge is -2.05. The number of aromatic nitrogens is 1. The van der Waals surface area contributed by atoms with Gasteiger partial charge >= 0.3 is 5.97 Å². The van der Waals surface area contributed by atoms with Crippen LogP contribution in [0.1, 0.15) is 21.7 Å². The first kappa shape index (κ1) is 16.4. The van der Waals surface area contributed by atoms with E-state index in [-0.39, 0.29) is 17.9 Å². The quantitative estimate of drug-likeness (QED) is 0.397. The number of carbonyl (C=O) groups is 1. The Bertz CT molecular complexity index is 918. The van der Waals surface area contributed by atoms with Crippen molar-refractivity contribution in [2.75, 3.05) is 0 Å². The molecule has 0 bridgehead atoms. The van der Waals surface area contributed by atoms with Crippen molar-refractivity contribution in [3.8, 4) is 11.3 Å². The molecular weight excluding hydrogens is 324 g/mol. The smallest absolute Gasteiger partial charge is 0.344 e. The summed E-state index contributed by atoms with van der Waals surface area (Å²) in [5, 5.41) is 14.7. The number of aryl methyl sites for hydroxylation is 1. The number of nitro benzene ring substituents is 1. The fraction of sp³-hybridized carbons (Fsp3) is 0.111. The van der Waals surface area contributed by atoms with Crippen LogP contribution in [0, 0.1) is 17.0 Å². The molecule has 0 radical (unpaired) electrons. The molecule has 2 aromatic carbocycles. The highest BCUT2D eigenvalue weighted by Crippen LogP contribution is 2.26. The third-order valence-electron chi connectivity index (χ3n) is 3.61. The lowest BCUT2D eigenvalue weighted by atomic mass is 10.1. The molecule has 0 aliphatic carbocycles. The predicted octanol–water partition coefficient (Wildman–Crippen LogP) is 3.92. The fourth-order valence-electron chi connectivity index (χ4n) is 2.39. The second-order valence-electron chi connectivity index (χ2n) is 5.33. The van der Waals surface area contributed by atoms with Gasteiger partial charge in [-0.1, -0.05) is 47.6 Å². The summed E-state index contributed by atoms with van der Waals surface area (Å²) in [6.45, 7) is 1.54. The molecule has 1 aromatic heterocycles. The van der Waals surface area contributed by atoms with E-state index in [1.54, 1.807) is 19.1 Å². The zero-order valence-electron chi connectivity index (χ0n) is 13.3. The molecule has 0 amide bonds. The third kappa shape index (κ3) is 3.55. The molecule has 0 fully saturated rings. The number of nitrogens with zero attached hydrogens (tertiary/aromatic N) is 2. The maximum absolute atomic E-state index is 12.5. The van der Waals surface area contributed by atoms with Gasteiger partial charge in [0.05, 0.1) is 4.92 Å². The van der Waals surface area contributed by atoms with Crippen molar-refractivity contribution in [3.05, 3.63) is 81.6 Å². The topological polar surface area (TPSA) is 95.5 Å². The molecule has 0 aliphatic heterocycles. The summed E-state index contributed by atoms with van der Waals surface area (Å²) in [6, 6.07) is 15.1. The Hall–Kier alpha value is -3.48. The lowest BCUT2D eigenvalue weighted by molar-refractivity contribution is -0.384. The summed E-state index contributed by atoms with van der Waals surface area (Å²) in [4.78, 5) is 22.8. The summed E-state index contributed by atoms with van der Waals surface area (Å²) in [5.41, 5.74) is 1.86. The van der Waals surface area contributed by atoms with E-state index in [0.717, 1.165) is 5.56 Å². The van der Waals surface area contributed by atoms with E-state index >= 15 is 0 Å². The van der Waals surface area contributed by atoms with Gasteiger partial charge in [-0.25, -0.2) is 4.79 Å². The largest absolute Gasteiger partial charge is 0.457 e. The van der Waals surface area contributed by atoms with Crippen molar-refractivity contribution >= 4 is 11.7 Å². The summed E-state index contributed by atoms with van der Waals surface area (Å²) in [5.74, 6) is -0.244. The van der Waals surface area contributed by atoms with Crippen LogP contribution in [-0.4, -0.2) is 16.0 Å². The lowest BCUT2D eigenvalue weighted by Crippen LogP contribution is -2.07. The Balaban J connectivity index is 1.80. The maximum Gasteiger partial charge on any atom is 0.344 e. The Morgan fingerprint density at radius 3 is 2.68 bits per heavy atom. The number of hydrogen-bond acceptors (Lipinski definition) is 6. The van der Waals surface area contributed by atoms with E-state index in [1.165, 1.54) is 12.1 Å². The van der Waals surface area contributed by atoms with Gasteiger partial charge in [0.15, 0.2) is 0 Å². The van der Waals surface area contributed by atoms with Gasteiger partial charge < -0.3 is 9.26 Å². The van der Waals surface area contributed by atoms with Crippen molar-refractivity contribution in [3.63, 3.8) is 0 Å². The third-order valence-corrected chi connectivity index (χ3v) is 3.61. The van der Waals surface area contributed by atoms with Crippen LogP contribution in [0.2, 0.25) is 0 Å². The predicted molar refractivity (Wildman–Crippen MR) is 88.9 cm³/mol. The first-order valence-corrected chi connectivity index (χ1v) is 7.48. The number of hydrogen-bond donors (Lipinski definition) is 0. The van der Waals surface area contributed by atoms with Crippen molar-refractivity contribution in [2.24, 2.45) is 0 Å². The standard InChI is InChI=1S/C18H14N2O5/c1-12-16(17(19-25-12)14-7-3-2-4-8-14)18(21)24-11-13-6-5-9-15(10-13)20(22)23/h2-10H,11H2,1H3. The molecule has 1 heterocycles. The van der Waals surface area contributed by atoms with Gasteiger partial charge in [-0.3, -0.25) is 10.1 Å². The fourth-order valence-corrected chi connectivity index (χ4v) is 2.39. The number of non-ortho nitro benzene ring substituents is 1. The molecule has 0 N–H and O–H groups in total. The molecule has 126 valence electrons. The second-order valence-corrected chi connectivity index (χ2v) is 5.33. The van der Waals surface area contributed by atoms with Gasteiger partial charge in [0.2, 0.25) is 0 Å². The average Bonchev–Trinajstić information content (AvgIpc) is 3.02. The van der Waals surface area contributed by atoms with E-state index in [1.807, 2.05) is 30.3 Å². The molecular formula is C18H14N2O5. The van der Waals surface area contributed by atoms with Crippen LogP contribution in [0.4, 0.5) is 5.69 Å². The molecule has 0 spiro atoms. The van der Waals surface area contributed by atoms with Crippen LogP contribution in [-0.2, 0) is 11.3 Å². The van der Waals surface area contributed by atoms with E-state index in [9.17, 15) is 14.9 Å². The van der Waals surface area contributed by atoms with Crippen LogP contribution in [0.15, 0.2) is 59.1 Å². The minimum absolute atomic E-state index is 0.0559. The highest BCUT2D eigenvalue weighted by atomic mass is 16.6. The number of esters is 1. The Kier molecular flexibility index (Phi) is 4.56. The SMILES string of the molecule is Cc1onc(-c2ccccc2)c1C(=O)OCc1cccc([N+](=O)[O-])c1. The van der Waals surface area contributed by atoms with Gasteiger partial charge in [-0.15, -0.1) is 0 Å². The van der Waals surface area contributed by atoms with Crippen LogP contribution in [0.5, 0.6) is 0 Å². The number of benzene rings is 2. The number of carbonyl (C=O) groups excluding carboxylic acids is 1. The van der Waals surface area contributed by atoms with E-state index in [4.69, 9.17) is 9.26 Å². The molecule has 0 atom stereocenters. The molecule has 0 unspecified atom stereocenters. The van der Waals surface area contributed by atoms with E-state index in [0.29, 0.717) is 17.0 Å². The van der Waals surface area contributed by atoms with Crippen molar-refractivity contribution in [2.45, 2.75) is 13.5 Å². The molecule has 7 nitrogen and oxygen atoms in total. The molecule has 3 aromatic rings. The Morgan fingerprint density at radius 1 is 1.20 bits per heavy atom. The van der Waals surface area contributed by atoms with Gasteiger partial charge in [-0.2, -0.15) is 0 Å². The number of ether oxygens (including phenoxy) is 1. The van der Waals surface area contributed by atoms with Gasteiger partial charge in [0, 0.05) is 17.7 Å². The Labute approximate surface area is 143 Å². The number of nitro groups is 1. The van der Waals surface area contributed by atoms with Crippen molar-refractivity contribution < 1.29 is 19.0 Å². The minimum atomic E-state index is -0.593. The summed E-state index contributed by atoms with van der Waals surface area (Å²) < 4.78 is 10.4. The zero-order chi connectivity index (χ0) is 17.8. The number of rotatable bonds is 5. The highest BCUT2D eigenvalue weighted by molar-refractivity contribution is 5.97. The zero-order valence-corrected chi connectivity index (χ0v) is 13.3. The first-order valence-electron chi connectivity index (χ1n) is 7.48. The molecule has 25 heavy (non-hydrogen) atoms. The van der Waals surface area contributed by atoms with Crippen LogP contribution < -0.4 is 0 Å². The monoisotopic (exact) mass is 338 g/mol. The van der Waals surface area contributed by atoms with Crippen LogP contribution in [0.3, 0.4) is 0 Å². The average molecular weight is 338 g/mol. The van der Waals surface area contributed by atoms with E-state index < -0.39 is 10.9 Å². The van der Waals surface area contributed by atoms with Crippen molar-refractivity contribution in [1.29, 1.82) is 0 Å². The highest BCUT2D eigenvalue weighted by Gasteiger charge is 2.23. The van der Waals surface area contributed by atoms with E-state index in [2.05, 4.69) is 5.16 Å². The van der Waals surface area contributed by atoms with Gasteiger partial charge in [-0.05, 0) is 12.5 Å². The van der Waals surface area contributed by atoms with Crippen LogP contribution >= 0.6 is 0 Å². The summed E-state index contributed by atoms with van der Waals surface area (Å²) >= 11 is 0. The maximum atomic E-state index is 12.5. The molecule has 7 heteroatoms. The minimum Gasteiger partial charge on any atom is -0.457 e. The Morgan fingerprint density at radius 2 is 1.96 bits per heavy atom. The molecule has 3 rings (SSSR count). The van der Waals surface area contributed by atoms with Crippen molar-refractivity contribution in [1.82, 2.24) is 5.16 Å². The molecule has 0 saturated heterocycles. The summed E-state index contributed by atoms with van der Waals surface area (Å²) in [7, 11) is 0. The van der Waals surface area contributed by atoms with Crippen LogP contribution in [0.25, 0.3) is 11.3 Å². The summed E-state index contributed by atoms with van der Waals surface area (Å²) in [6.07, 6.45) is 0. The van der Waals surface area contributed by atoms with Gasteiger partial charge in [0.25, 0.3) is 5.69 Å². The normalized spacial score (nSPS) is 10.4. The first-order chi connectivity index (χ1) is 12.1. The molecule has 0 saturated carbocycles.